The molecular weight excluding hydrogens is 238 g/mol. The molecule has 0 heterocycles. The van der Waals surface area contributed by atoms with Gasteiger partial charge < -0.3 is 5.32 Å². The van der Waals surface area contributed by atoms with Crippen LogP contribution in [0.1, 0.15) is 43.4 Å². The highest BCUT2D eigenvalue weighted by Gasteiger charge is 2.03. The van der Waals surface area contributed by atoms with Gasteiger partial charge >= 0.3 is 0 Å². The zero-order valence-electron chi connectivity index (χ0n) is 12.3. The van der Waals surface area contributed by atoms with Gasteiger partial charge in [0.15, 0.2) is 0 Å². The van der Waals surface area contributed by atoms with Crippen molar-refractivity contribution in [2.45, 2.75) is 51.5 Å². The number of nitrogens with one attached hydrogen (secondary N) is 1. The van der Waals surface area contributed by atoms with E-state index in [0.29, 0.717) is 5.25 Å². The summed E-state index contributed by atoms with van der Waals surface area (Å²) in [5.74, 6) is 1.12. The minimum Gasteiger partial charge on any atom is -0.316 e. The van der Waals surface area contributed by atoms with Gasteiger partial charge in [0.2, 0.25) is 0 Å². The Morgan fingerprint density at radius 1 is 1.17 bits per heavy atom. The number of unbranched alkanes of at least 4 members (excludes halogenated alkanes) is 1. The first kappa shape index (κ1) is 15.6. The molecule has 1 aromatic rings. The summed E-state index contributed by atoms with van der Waals surface area (Å²) < 4.78 is 0. The average molecular weight is 265 g/mol. The number of hydrogen-bond donors (Lipinski definition) is 1. The van der Waals surface area contributed by atoms with Crippen LogP contribution in [0.3, 0.4) is 0 Å². The third-order valence-corrected chi connectivity index (χ3v) is 4.19. The van der Waals surface area contributed by atoms with Crippen molar-refractivity contribution in [1.29, 1.82) is 0 Å². The van der Waals surface area contributed by atoms with Gasteiger partial charge in [0, 0.05) is 17.5 Å². The predicted molar refractivity (Wildman–Crippen MR) is 84.5 cm³/mol. The Bertz CT molecular complexity index is 329. The van der Waals surface area contributed by atoms with E-state index in [1.165, 1.54) is 29.5 Å². The van der Waals surface area contributed by atoms with Crippen LogP contribution in [0.15, 0.2) is 18.2 Å². The molecule has 0 spiro atoms. The molecule has 18 heavy (non-hydrogen) atoms. The lowest BCUT2D eigenvalue weighted by Crippen LogP contribution is -2.23. The maximum atomic E-state index is 3.52. The maximum Gasteiger partial charge on any atom is 0.0187 e. The molecule has 0 saturated carbocycles. The van der Waals surface area contributed by atoms with Gasteiger partial charge in [-0.05, 0) is 32.4 Å². The van der Waals surface area contributed by atoms with Gasteiger partial charge in [0.25, 0.3) is 0 Å². The summed E-state index contributed by atoms with van der Waals surface area (Å²) in [6.45, 7) is 11.2. The summed E-state index contributed by atoms with van der Waals surface area (Å²) in [4.78, 5) is 0. The second-order valence-electron chi connectivity index (χ2n) is 5.18. The van der Waals surface area contributed by atoms with Crippen LogP contribution in [0.25, 0.3) is 0 Å². The highest BCUT2D eigenvalue weighted by atomic mass is 32.2. The minimum atomic E-state index is 0.683. The van der Waals surface area contributed by atoms with Crippen molar-refractivity contribution in [3.8, 4) is 0 Å². The first-order valence-electron chi connectivity index (χ1n) is 7.01. The molecular formula is C16H27NS. The molecule has 0 aliphatic rings. The molecule has 0 bridgehead atoms. The van der Waals surface area contributed by atoms with Crippen LogP contribution in [0.4, 0.5) is 0 Å². The zero-order valence-corrected chi connectivity index (χ0v) is 13.1. The van der Waals surface area contributed by atoms with Gasteiger partial charge in [0.1, 0.15) is 0 Å². The van der Waals surface area contributed by atoms with E-state index < -0.39 is 0 Å². The van der Waals surface area contributed by atoms with E-state index in [2.05, 4.69) is 51.2 Å². The Balaban J connectivity index is 2.26. The third kappa shape index (κ3) is 6.46. The molecule has 102 valence electrons. The number of thioether (sulfide) groups is 1. The monoisotopic (exact) mass is 265 g/mol. The maximum absolute atomic E-state index is 3.52. The highest BCUT2D eigenvalue weighted by Crippen LogP contribution is 2.19. The standard InChI is InChI=1S/C16H27NS/c1-5-6-7-17-11-15(4)18-12-16-9-13(2)8-14(3)10-16/h8-10,15,17H,5-7,11-12H2,1-4H3. The van der Waals surface area contributed by atoms with Crippen LogP contribution in [0.5, 0.6) is 0 Å². The average Bonchev–Trinajstić information content (AvgIpc) is 2.31. The van der Waals surface area contributed by atoms with Gasteiger partial charge in [-0.3, -0.25) is 0 Å². The molecule has 0 aromatic heterocycles. The molecule has 2 heteroatoms. The van der Waals surface area contributed by atoms with Crippen LogP contribution in [0, 0.1) is 13.8 Å². The molecule has 1 atom stereocenters. The number of benzene rings is 1. The number of rotatable bonds is 8. The van der Waals surface area contributed by atoms with Gasteiger partial charge in [0.05, 0.1) is 0 Å². The fourth-order valence-electron chi connectivity index (χ4n) is 2.06. The minimum absolute atomic E-state index is 0.683. The lowest BCUT2D eigenvalue weighted by Gasteiger charge is -2.13. The van der Waals surface area contributed by atoms with Crippen LogP contribution < -0.4 is 5.32 Å². The molecule has 1 unspecified atom stereocenters. The van der Waals surface area contributed by atoms with Crippen molar-refractivity contribution < 1.29 is 0 Å². The topological polar surface area (TPSA) is 12.0 Å². The van der Waals surface area contributed by atoms with Crippen molar-refractivity contribution in [2.75, 3.05) is 13.1 Å². The lowest BCUT2D eigenvalue weighted by molar-refractivity contribution is 0.638. The van der Waals surface area contributed by atoms with Gasteiger partial charge in [-0.1, -0.05) is 49.6 Å². The molecule has 0 saturated heterocycles. The van der Waals surface area contributed by atoms with Crippen LogP contribution >= 0.6 is 11.8 Å². The molecule has 1 aromatic carbocycles. The van der Waals surface area contributed by atoms with Crippen molar-refractivity contribution in [2.24, 2.45) is 0 Å². The Morgan fingerprint density at radius 2 is 1.83 bits per heavy atom. The molecule has 1 N–H and O–H groups in total. The molecule has 0 fully saturated rings. The molecule has 0 aliphatic carbocycles. The summed E-state index contributed by atoms with van der Waals surface area (Å²) >= 11 is 2.04. The Hall–Kier alpha value is -0.470. The summed E-state index contributed by atoms with van der Waals surface area (Å²) in [6, 6.07) is 6.85. The van der Waals surface area contributed by atoms with E-state index in [4.69, 9.17) is 0 Å². The first-order chi connectivity index (χ1) is 8.61. The largest absolute Gasteiger partial charge is 0.316 e. The molecule has 0 aliphatic heterocycles. The van der Waals surface area contributed by atoms with E-state index in [1.54, 1.807) is 0 Å². The van der Waals surface area contributed by atoms with Crippen molar-refractivity contribution in [3.63, 3.8) is 0 Å². The highest BCUT2D eigenvalue weighted by molar-refractivity contribution is 7.99. The van der Waals surface area contributed by atoms with Crippen LogP contribution in [-0.2, 0) is 5.75 Å². The Labute approximate surface area is 117 Å². The van der Waals surface area contributed by atoms with Gasteiger partial charge in [-0.2, -0.15) is 11.8 Å². The summed E-state index contributed by atoms with van der Waals surface area (Å²) in [6.07, 6.45) is 2.56. The van der Waals surface area contributed by atoms with E-state index in [0.717, 1.165) is 18.8 Å². The number of hydrogen-bond acceptors (Lipinski definition) is 2. The molecule has 1 rings (SSSR count). The summed E-state index contributed by atoms with van der Waals surface area (Å²) in [5, 5.41) is 4.21. The lowest BCUT2D eigenvalue weighted by atomic mass is 10.1. The van der Waals surface area contributed by atoms with Crippen molar-refractivity contribution >= 4 is 11.8 Å². The third-order valence-electron chi connectivity index (χ3n) is 2.95. The zero-order chi connectivity index (χ0) is 13.4. The van der Waals surface area contributed by atoms with E-state index >= 15 is 0 Å². The van der Waals surface area contributed by atoms with E-state index in [-0.39, 0.29) is 0 Å². The van der Waals surface area contributed by atoms with E-state index in [1.807, 2.05) is 11.8 Å². The fourth-order valence-corrected chi connectivity index (χ4v) is 2.94. The molecule has 0 radical (unpaired) electrons. The van der Waals surface area contributed by atoms with Crippen LogP contribution in [-0.4, -0.2) is 18.3 Å². The molecule has 0 amide bonds. The van der Waals surface area contributed by atoms with Crippen molar-refractivity contribution in [3.05, 3.63) is 34.9 Å². The second-order valence-corrected chi connectivity index (χ2v) is 6.60. The number of aryl methyl sites for hydroxylation is 2. The van der Waals surface area contributed by atoms with E-state index in [9.17, 15) is 0 Å². The SMILES string of the molecule is CCCCNCC(C)SCc1cc(C)cc(C)c1. The fraction of sp³-hybridized carbons (Fsp3) is 0.625. The quantitative estimate of drug-likeness (QED) is 0.703. The van der Waals surface area contributed by atoms with Gasteiger partial charge in [-0.25, -0.2) is 0 Å². The summed E-state index contributed by atoms with van der Waals surface area (Å²) in [5.41, 5.74) is 4.21. The first-order valence-corrected chi connectivity index (χ1v) is 8.06. The van der Waals surface area contributed by atoms with Gasteiger partial charge in [-0.15, -0.1) is 0 Å². The smallest absolute Gasteiger partial charge is 0.0187 e. The Kier molecular flexibility index (Phi) is 7.45. The Morgan fingerprint density at radius 3 is 2.44 bits per heavy atom. The molecule has 1 nitrogen and oxygen atoms in total. The second kappa shape index (κ2) is 8.60. The van der Waals surface area contributed by atoms with Crippen LogP contribution in [0.2, 0.25) is 0 Å². The summed E-state index contributed by atoms with van der Waals surface area (Å²) in [7, 11) is 0. The normalized spacial score (nSPS) is 12.7. The predicted octanol–water partition coefficient (Wildman–Crippen LogP) is 4.31. The van der Waals surface area contributed by atoms with Crippen molar-refractivity contribution in [1.82, 2.24) is 5.32 Å².